The molecule has 1 aromatic carbocycles. The molecule has 1 aliphatic rings. The minimum Gasteiger partial charge on any atom is -0.445 e. The highest BCUT2D eigenvalue weighted by Crippen LogP contribution is 2.20. The molecule has 0 spiro atoms. The van der Waals surface area contributed by atoms with Crippen molar-refractivity contribution < 1.29 is 14.3 Å². The van der Waals surface area contributed by atoms with E-state index >= 15 is 0 Å². The van der Waals surface area contributed by atoms with E-state index in [0.29, 0.717) is 42.4 Å². The summed E-state index contributed by atoms with van der Waals surface area (Å²) in [4.78, 5) is 26.1. The standard InChI is InChI=1S/C20H25Cl2N5O3/c1-26-12-18(24-25-26)3-2-4-19(28)23-17-5-7-27(8-6-17)20(29)30-13-14-9-15(21)11-16(22)10-14/h9-12,17H,2-8,13H2,1H3,(H,23,28). The molecule has 0 aliphatic carbocycles. The topological polar surface area (TPSA) is 89.4 Å². The molecule has 0 atom stereocenters. The Morgan fingerprint density at radius 2 is 1.90 bits per heavy atom. The number of aromatic nitrogens is 3. The molecule has 1 fully saturated rings. The van der Waals surface area contributed by atoms with Crippen molar-refractivity contribution >= 4 is 35.2 Å². The number of carbonyl (C=O) groups excluding carboxylic acids is 2. The fourth-order valence-electron chi connectivity index (χ4n) is 3.38. The van der Waals surface area contributed by atoms with Gasteiger partial charge < -0.3 is 15.0 Å². The van der Waals surface area contributed by atoms with Crippen LogP contribution in [0, 0.1) is 0 Å². The van der Waals surface area contributed by atoms with E-state index in [1.54, 1.807) is 27.8 Å². The van der Waals surface area contributed by atoms with Crippen LogP contribution in [-0.4, -0.2) is 51.0 Å². The van der Waals surface area contributed by atoms with Gasteiger partial charge in [-0.2, -0.15) is 0 Å². The number of benzene rings is 1. The lowest BCUT2D eigenvalue weighted by molar-refractivity contribution is -0.122. The summed E-state index contributed by atoms with van der Waals surface area (Å²) in [6.07, 6.45) is 4.78. The number of nitrogens with zero attached hydrogens (tertiary/aromatic N) is 4. The van der Waals surface area contributed by atoms with Gasteiger partial charge in [-0.15, -0.1) is 5.10 Å². The normalized spacial score (nSPS) is 14.6. The summed E-state index contributed by atoms with van der Waals surface area (Å²) in [5, 5.41) is 11.9. The summed E-state index contributed by atoms with van der Waals surface area (Å²) >= 11 is 11.9. The second-order valence-corrected chi connectivity index (χ2v) is 8.27. The molecule has 1 aromatic heterocycles. The highest BCUT2D eigenvalue weighted by Gasteiger charge is 2.24. The number of aryl methyl sites for hydroxylation is 2. The van der Waals surface area contributed by atoms with Crippen LogP contribution in [0.25, 0.3) is 0 Å². The van der Waals surface area contributed by atoms with Gasteiger partial charge in [-0.25, -0.2) is 4.79 Å². The Morgan fingerprint density at radius 3 is 2.53 bits per heavy atom. The molecule has 0 saturated carbocycles. The van der Waals surface area contributed by atoms with Crippen LogP contribution < -0.4 is 5.32 Å². The first-order valence-corrected chi connectivity index (χ1v) is 10.7. The van der Waals surface area contributed by atoms with E-state index < -0.39 is 0 Å². The zero-order chi connectivity index (χ0) is 21.5. The van der Waals surface area contributed by atoms with Gasteiger partial charge in [0.1, 0.15) is 6.61 Å². The Kier molecular flexibility index (Phi) is 7.93. The quantitative estimate of drug-likeness (QED) is 0.693. The predicted molar refractivity (Wildman–Crippen MR) is 113 cm³/mol. The monoisotopic (exact) mass is 453 g/mol. The van der Waals surface area contributed by atoms with Crippen LogP contribution in [0.15, 0.2) is 24.4 Å². The number of ether oxygens (including phenoxy) is 1. The lowest BCUT2D eigenvalue weighted by Gasteiger charge is -2.31. The Labute approximate surface area is 185 Å². The Hall–Kier alpha value is -2.32. The maximum Gasteiger partial charge on any atom is 0.410 e. The number of likely N-dealkylation sites (tertiary alicyclic amines) is 1. The molecule has 0 radical (unpaired) electrons. The van der Waals surface area contributed by atoms with Crippen LogP contribution in [0.4, 0.5) is 4.79 Å². The van der Waals surface area contributed by atoms with Gasteiger partial charge in [-0.3, -0.25) is 9.48 Å². The smallest absolute Gasteiger partial charge is 0.410 e. The molecule has 2 aromatic rings. The van der Waals surface area contributed by atoms with Gasteiger partial charge in [0.05, 0.1) is 5.69 Å². The molecule has 10 heteroatoms. The van der Waals surface area contributed by atoms with Crippen molar-refractivity contribution in [1.29, 1.82) is 0 Å². The average molecular weight is 454 g/mol. The van der Waals surface area contributed by atoms with E-state index in [2.05, 4.69) is 15.6 Å². The molecule has 0 bridgehead atoms. The largest absolute Gasteiger partial charge is 0.445 e. The molecule has 0 unspecified atom stereocenters. The summed E-state index contributed by atoms with van der Waals surface area (Å²) in [6.45, 7) is 1.20. The molecular formula is C20H25Cl2N5O3. The van der Waals surface area contributed by atoms with Crippen LogP contribution in [0.1, 0.15) is 36.9 Å². The van der Waals surface area contributed by atoms with Gasteiger partial charge in [0.15, 0.2) is 0 Å². The number of hydrogen-bond donors (Lipinski definition) is 1. The van der Waals surface area contributed by atoms with Crippen molar-refractivity contribution in [2.45, 2.75) is 44.8 Å². The SMILES string of the molecule is Cn1cc(CCCC(=O)NC2CCN(C(=O)OCc3cc(Cl)cc(Cl)c3)CC2)nn1. The molecule has 1 aliphatic heterocycles. The molecule has 8 nitrogen and oxygen atoms in total. The predicted octanol–water partition coefficient (Wildman–Crippen LogP) is 3.36. The maximum absolute atomic E-state index is 12.3. The number of amides is 2. The molecule has 162 valence electrons. The summed E-state index contributed by atoms with van der Waals surface area (Å²) in [6, 6.07) is 5.13. The number of halogens is 2. The van der Waals surface area contributed by atoms with Crippen molar-refractivity contribution in [2.24, 2.45) is 7.05 Å². The summed E-state index contributed by atoms with van der Waals surface area (Å²) in [7, 11) is 1.82. The average Bonchev–Trinajstić information content (AvgIpc) is 3.11. The van der Waals surface area contributed by atoms with Gasteiger partial charge in [0, 0.05) is 48.8 Å². The van der Waals surface area contributed by atoms with Gasteiger partial charge in [0.2, 0.25) is 5.91 Å². The van der Waals surface area contributed by atoms with E-state index in [0.717, 1.165) is 24.1 Å². The second-order valence-electron chi connectivity index (χ2n) is 7.40. The van der Waals surface area contributed by atoms with E-state index in [-0.39, 0.29) is 24.6 Å². The van der Waals surface area contributed by atoms with Gasteiger partial charge >= 0.3 is 6.09 Å². The molecule has 2 amide bonds. The summed E-state index contributed by atoms with van der Waals surface area (Å²) < 4.78 is 7.01. The molecular weight excluding hydrogens is 429 g/mol. The third-order valence-corrected chi connectivity index (χ3v) is 5.33. The van der Waals surface area contributed by atoms with Crippen LogP contribution in [-0.2, 0) is 29.6 Å². The first kappa shape index (κ1) is 22.4. The Morgan fingerprint density at radius 1 is 1.20 bits per heavy atom. The highest BCUT2D eigenvalue weighted by atomic mass is 35.5. The van der Waals surface area contributed by atoms with Crippen molar-refractivity contribution in [2.75, 3.05) is 13.1 Å². The summed E-state index contributed by atoms with van der Waals surface area (Å²) in [5.74, 6) is 0.0257. The van der Waals surface area contributed by atoms with E-state index in [9.17, 15) is 9.59 Å². The van der Waals surface area contributed by atoms with Gasteiger partial charge in [-0.1, -0.05) is 28.4 Å². The first-order valence-electron chi connectivity index (χ1n) is 9.90. The minimum atomic E-state index is -0.375. The van der Waals surface area contributed by atoms with Crippen LogP contribution in [0.5, 0.6) is 0 Å². The second kappa shape index (κ2) is 10.6. The molecule has 2 heterocycles. The highest BCUT2D eigenvalue weighted by molar-refractivity contribution is 6.34. The lowest BCUT2D eigenvalue weighted by atomic mass is 10.0. The first-order chi connectivity index (χ1) is 14.4. The number of rotatable bonds is 7. The van der Waals surface area contributed by atoms with Gasteiger partial charge in [0.25, 0.3) is 0 Å². The zero-order valence-electron chi connectivity index (χ0n) is 16.8. The lowest BCUT2D eigenvalue weighted by Crippen LogP contribution is -2.46. The van der Waals surface area contributed by atoms with E-state index in [1.165, 1.54) is 0 Å². The number of piperidine rings is 1. The Balaban J connectivity index is 1.33. The maximum atomic E-state index is 12.3. The molecule has 30 heavy (non-hydrogen) atoms. The van der Waals surface area contributed by atoms with Crippen LogP contribution in [0.2, 0.25) is 10.0 Å². The number of carbonyl (C=O) groups is 2. The van der Waals surface area contributed by atoms with Crippen molar-refractivity contribution in [3.8, 4) is 0 Å². The van der Waals surface area contributed by atoms with Crippen LogP contribution >= 0.6 is 23.2 Å². The fraction of sp³-hybridized carbons (Fsp3) is 0.500. The zero-order valence-corrected chi connectivity index (χ0v) is 18.3. The molecule has 1 saturated heterocycles. The third kappa shape index (κ3) is 6.88. The van der Waals surface area contributed by atoms with E-state index in [1.807, 2.05) is 13.2 Å². The third-order valence-electron chi connectivity index (χ3n) is 4.89. The molecule has 1 N–H and O–H groups in total. The van der Waals surface area contributed by atoms with Crippen molar-refractivity contribution in [1.82, 2.24) is 25.2 Å². The van der Waals surface area contributed by atoms with Crippen molar-refractivity contribution in [3.05, 3.63) is 45.7 Å². The van der Waals surface area contributed by atoms with Gasteiger partial charge in [-0.05, 0) is 49.4 Å². The molecule has 3 rings (SSSR count). The number of nitrogens with one attached hydrogen (secondary N) is 1. The fourth-order valence-corrected chi connectivity index (χ4v) is 3.95. The van der Waals surface area contributed by atoms with Crippen LogP contribution in [0.3, 0.4) is 0 Å². The Bertz CT molecular complexity index is 861. The summed E-state index contributed by atoms with van der Waals surface area (Å²) in [5.41, 5.74) is 1.63. The minimum absolute atomic E-state index is 0.0257. The van der Waals surface area contributed by atoms with E-state index in [4.69, 9.17) is 27.9 Å². The number of hydrogen-bond acceptors (Lipinski definition) is 5. The van der Waals surface area contributed by atoms with Crippen molar-refractivity contribution in [3.63, 3.8) is 0 Å².